The quantitative estimate of drug-likeness (QED) is 0.872. The summed E-state index contributed by atoms with van der Waals surface area (Å²) in [6.07, 6.45) is 0.928. The van der Waals surface area contributed by atoms with Crippen molar-refractivity contribution in [1.82, 2.24) is 5.32 Å². The molecule has 0 aliphatic carbocycles. The summed E-state index contributed by atoms with van der Waals surface area (Å²) in [7, 11) is 0. The van der Waals surface area contributed by atoms with Crippen molar-refractivity contribution in [2.24, 2.45) is 0 Å². The van der Waals surface area contributed by atoms with Gasteiger partial charge in [-0.05, 0) is 41.0 Å². The van der Waals surface area contributed by atoms with E-state index in [-0.39, 0.29) is 0 Å². The summed E-state index contributed by atoms with van der Waals surface area (Å²) in [6.45, 7) is 9.93. The van der Waals surface area contributed by atoms with Crippen LogP contribution < -0.4 is 15.8 Å². The normalized spacial score (nSPS) is 14.1. The zero-order valence-electron chi connectivity index (χ0n) is 10.6. The molecule has 0 spiro atoms. The van der Waals surface area contributed by atoms with E-state index in [1.807, 2.05) is 12.1 Å². The van der Waals surface area contributed by atoms with E-state index in [0.29, 0.717) is 12.5 Å². The van der Waals surface area contributed by atoms with Gasteiger partial charge in [0.1, 0.15) is 6.17 Å². The van der Waals surface area contributed by atoms with Crippen molar-refractivity contribution in [3.05, 3.63) is 33.2 Å². The van der Waals surface area contributed by atoms with Crippen molar-refractivity contribution in [3.8, 4) is 0 Å². The van der Waals surface area contributed by atoms with E-state index in [2.05, 4.69) is 25.7 Å². The van der Waals surface area contributed by atoms with Crippen LogP contribution >= 0.6 is 11.6 Å². The second kappa shape index (κ2) is 6.06. The number of hydrogen-bond acceptors (Lipinski definition) is 1. The third-order valence-corrected chi connectivity index (χ3v) is 2.86. The smallest absolute Gasteiger partial charge is 0.114 e. The summed E-state index contributed by atoms with van der Waals surface area (Å²) < 4.78 is 12.7. The van der Waals surface area contributed by atoms with Gasteiger partial charge in [-0.15, -0.1) is 0 Å². The van der Waals surface area contributed by atoms with Crippen LogP contribution in [0.1, 0.15) is 32.3 Å². The fourth-order valence-electron chi connectivity index (χ4n) is 1.56. The Hall–Kier alpha value is -1.02. The summed E-state index contributed by atoms with van der Waals surface area (Å²) in [4.78, 5) is 0. The second-order valence-corrected chi connectivity index (χ2v) is 4.97. The number of alkyl halides is 1. The Labute approximate surface area is 107 Å². The number of rotatable bonds is 4. The van der Waals surface area contributed by atoms with E-state index in [0.717, 1.165) is 21.0 Å². The lowest BCUT2D eigenvalue weighted by Crippen LogP contribution is -2.28. The molecule has 1 N–H and O–H groups in total. The third kappa shape index (κ3) is 4.04. The minimum atomic E-state index is -0.864. The molecular weight excluding hydrogens is 237 g/mol. The van der Waals surface area contributed by atoms with Gasteiger partial charge in [0.15, 0.2) is 0 Å². The maximum Gasteiger partial charge on any atom is 0.114 e. The van der Waals surface area contributed by atoms with E-state index in [4.69, 9.17) is 11.6 Å². The predicted octanol–water partition coefficient (Wildman–Crippen LogP) is 2.56. The van der Waals surface area contributed by atoms with E-state index in [9.17, 15) is 4.39 Å². The van der Waals surface area contributed by atoms with Gasteiger partial charge in [0.25, 0.3) is 0 Å². The molecule has 1 rings (SSSR count). The van der Waals surface area contributed by atoms with Crippen LogP contribution in [0, 0.1) is 0 Å². The Morgan fingerprint density at radius 2 is 2.06 bits per heavy atom. The lowest BCUT2D eigenvalue weighted by molar-refractivity contribution is 0.359. The molecule has 0 saturated heterocycles. The minimum absolute atomic E-state index is 0.305. The lowest BCUT2D eigenvalue weighted by Gasteiger charge is -2.08. The van der Waals surface area contributed by atoms with E-state index < -0.39 is 6.17 Å². The molecule has 17 heavy (non-hydrogen) atoms. The molecule has 0 aliphatic rings. The lowest BCUT2D eigenvalue weighted by atomic mass is 10.0. The van der Waals surface area contributed by atoms with Crippen LogP contribution in [0.4, 0.5) is 4.39 Å². The Morgan fingerprint density at radius 1 is 1.41 bits per heavy atom. The standard InChI is InChI=1S/C14H19ClFN/c1-9(2)13-6-12(8-17-7-11(4)16)10(3)5-14(13)15/h5-6,8-9,11,17H,3,7H2,1-2,4H3/b12-8-. The molecule has 1 atom stereocenters. The first-order valence-electron chi connectivity index (χ1n) is 5.78. The van der Waals surface area contributed by atoms with Crippen molar-refractivity contribution in [2.75, 3.05) is 6.54 Å². The molecule has 0 bridgehead atoms. The minimum Gasteiger partial charge on any atom is -0.387 e. The van der Waals surface area contributed by atoms with Gasteiger partial charge in [0.2, 0.25) is 0 Å². The zero-order chi connectivity index (χ0) is 13.0. The largest absolute Gasteiger partial charge is 0.387 e. The molecule has 1 nitrogen and oxygen atoms in total. The Morgan fingerprint density at radius 3 is 2.59 bits per heavy atom. The van der Waals surface area contributed by atoms with Crippen LogP contribution in [0.15, 0.2) is 12.1 Å². The van der Waals surface area contributed by atoms with Crippen molar-refractivity contribution in [3.63, 3.8) is 0 Å². The molecule has 0 amide bonds. The van der Waals surface area contributed by atoms with Gasteiger partial charge in [0, 0.05) is 17.8 Å². The number of halogens is 2. The molecule has 0 heterocycles. The highest BCUT2D eigenvalue weighted by Crippen LogP contribution is 2.20. The van der Waals surface area contributed by atoms with Gasteiger partial charge in [-0.1, -0.05) is 32.0 Å². The number of benzene rings is 1. The van der Waals surface area contributed by atoms with Gasteiger partial charge >= 0.3 is 0 Å². The summed E-state index contributed by atoms with van der Waals surface area (Å²) in [5.41, 5.74) is 1.08. The van der Waals surface area contributed by atoms with Crippen molar-refractivity contribution in [2.45, 2.75) is 32.9 Å². The first kappa shape index (κ1) is 14.0. The third-order valence-electron chi connectivity index (χ3n) is 2.54. The summed E-state index contributed by atoms with van der Waals surface area (Å²) in [6, 6.07) is 3.86. The average Bonchev–Trinajstić information content (AvgIpc) is 2.20. The highest BCUT2D eigenvalue weighted by Gasteiger charge is 2.04. The molecule has 0 fully saturated rings. The topological polar surface area (TPSA) is 12.0 Å². The molecular formula is C14H19ClFN. The van der Waals surface area contributed by atoms with Crippen molar-refractivity contribution >= 4 is 24.4 Å². The van der Waals surface area contributed by atoms with Crippen LogP contribution in [0.25, 0.3) is 12.8 Å². The van der Waals surface area contributed by atoms with Crippen LogP contribution in [0.3, 0.4) is 0 Å². The first-order valence-corrected chi connectivity index (χ1v) is 6.15. The first-order chi connectivity index (χ1) is 7.91. The average molecular weight is 256 g/mol. The van der Waals surface area contributed by atoms with Gasteiger partial charge < -0.3 is 5.32 Å². The molecule has 94 valence electrons. The van der Waals surface area contributed by atoms with Crippen molar-refractivity contribution in [1.29, 1.82) is 0 Å². The highest BCUT2D eigenvalue weighted by atomic mass is 35.5. The maximum atomic E-state index is 12.7. The molecule has 3 heteroatoms. The monoisotopic (exact) mass is 255 g/mol. The van der Waals surface area contributed by atoms with Crippen LogP contribution in [0.5, 0.6) is 0 Å². The zero-order valence-corrected chi connectivity index (χ0v) is 11.3. The van der Waals surface area contributed by atoms with E-state index >= 15 is 0 Å². The van der Waals surface area contributed by atoms with Crippen LogP contribution in [-0.2, 0) is 0 Å². The van der Waals surface area contributed by atoms with Gasteiger partial charge in [-0.3, -0.25) is 0 Å². The second-order valence-electron chi connectivity index (χ2n) is 4.56. The van der Waals surface area contributed by atoms with Crippen LogP contribution in [-0.4, -0.2) is 12.7 Å². The van der Waals surface area contributed by atoms with E-state index in [1.54, 1.807) is 6.20 Å². The molecule has 0 saturated carbocycles. The molecule has 1 aromatic rings. The summed E-state index contributed by atoms with van der Waals surface area (Å²) in [5, 5.41) is 5.48. The molecule has 1 aromatic carbocycles. The Kier molecular flexibility index (Phi) is 5.01. The predicted molar refractivity (Wildman–Crippen MR) is 73.4 cm³/mol. The van der Waals surface area contributed by atoms with Crippen LogP contribution in [0.2, 0.25) is 5.02 Å². The van der Waals surface area contributed by atoms with Gasteiger partial charge in [-0.2, -0.15) is 0 Å². The fourth-order valence-corrected chi connectivity index (χ4v) is 1.96. The van der Waals surface area contributed by atoms with E-state index in [1.165, 1.54) is 6.92 Å². The Bertz CT molecular complexity index is 480. The maximum absolute atomic E-state index is 12.7. The SMILES string of the molecule is C=c1cc(Cl)c(C(C)C)c/c1=C/NCC(C)F. The summed E-state index contributed by atoms with van der Waals surface area (Å²) >= 11 is 6.15. The van der Waals surface area contributed by atoms with Gasteiger partial charge in [0.05, 0.1) is 0 Å². The highest BCUT2D eigenvalue weighted by molar-refractivity contribution is 6.31. The Balaban J connectivity index is 3.07. The van der Waals surface area contributed by atoms with Crippen molar-refractivity contribution < 1.29 is 4.39 Å². The molecule has 0 aliphatic heterocycles. The fraction of sp³-hybridized carbons (Fsp3) is 0.429. The molecule has 0 aromatic heterocycles. The summed E-state index contributed by atoms with van der Waals surface area (Å²) in [5.74, 6) is 0.357. The molecule has 1 unspecified atom stereocenters. The number of nitrogens with one attached hydrogen (secondary N) is 1. The number of hydrogen-bond donors (Lipinski definition) is 1. The molecule has 0 radical (unpaired) electrons. The van der Waals surface area contributed by atoms with Gasteiger partial charge in [-0.25, -0.2) is 4.39 Å².